The van der Waals surface area contributed by atoms with Crippen LogP contribution in [0.2, 0.25) is 0 Å². The molecule has 1 fully saturated rings. The highest BCUT2D eigenvalue weighted by Gasteiger charge is 2.29. The van der Waals surface area contributed by atoms with E-state index >= 15 is 0 Å². The summed E-state index contributed by atoms with van der Waals surface area (Å²) in [6, 6.07) is 11.7. The fourth-order valence-electron chi connectivity index (χ4n) is 2.44. The lowest BCUT2D eigenvalue weighted by Crippen LogP contribution is -2.39. The number of carbonyl (C=O) groups is 1. The Kier molecular flexibility index (Phi) is 4.88. The Bertz CT molecular complexity index is 639. The lowest BCUT2D eigenvalue weighted by atomic mass is 10.1. The Labute approximate surface area is 135 Å². The molecule has 0 radical (unpaired) electrons. The van der Waals surface area contributed by atoms with Crippen molar-refractivity contribution in [3.63, 3.8) is 0 Å². The van der Waals surface area contributed by atoms with E-state index in [0.717, 1.165) is 29.5 Å². The SMILES string of the molecule is O=C(NCc1ccc(-c2cccnc2)cc1)NCC(O)C1CC1. The largest absolute Gasteiger partial charge is 0.391 e. The van der Waals surface area contributed by atoms with Crippen molar-refractivity contribution in [2.45, 2.75) is 25.5 Å². The summed E-state index contributed by atoms with van der Waals surface area (Å²) in [6.45, 7) is 0.773. The first-order chi connectivity index (χ1) is 11.2. The molecule has 1 atom stereocenters. The molecular weight excluding hydrogens is 290 g/mol. The number of hydrogen-bond donors (Lipinski definition) is 3. The first-order valence-electron chi connectivity index (χ1n) is 7.91. The van der Waals surface area contributed by atoms with Crippen LogP contribution in [0.4, 0.5) is 4.79 Å². The molecule has 1 aliphatic rings. The second-order valence-corrected chi connectivity index (χ2v) is 5.91. The van der Waals surface area contributed by atoms with Crippen LogP contribution in [0, 0.1) is 5.92 Å². The van der Waals surface area contributed by atoms with Gasteiger partial charge in [0.05, 0.1) is 6.10 Å². The fourth-order valence-corrected chi connectivity index (χ4v) is 2.44. The summed E-state index contributed by atoms with van der Waals surface area (Å²) < 4.78 is 0. The van der Waals surface area contributed by atoms with Gasteiger partial charge in [-0.1, -0.05) is 30.3 Å². The monoisotopic (exact) mass is 311 g/mol. The van der Waals surface area contributed by atoms with E-state index in [9.17, 15) is 9.90 Å². The molecule has 0 spiro atoms. The maximum Gasteiger partial charge on any atom is 0.315 e. The van der Waals surface area contributed by atoms with Crippen molar-refractivity contribution in [3.05, 3.63) is 54.4 Å². The zero-order valence-corrected chi connectivity index (χ0v) is 12.9. The number of pyridine rings is 1. The van der Waals surface area contributed by atoms with E-state index < -0.39 is 6.10 Å². The molecule has 2 aromatic rings. The van der Waals surface area contributed by atoms with Gasteiger partial charge in [-0.2, -0.15) is 0 Å². The highest BCUT2D eigenvalue weighted by Crippen LogP contribution is 2.32. The smallest absolute Gasteiger partial charge is 0.315 e. The third-order valence-corrected chi connectivity index (χ3v) is 4.04. The molecule has 5 heteroatoms. The van der Waals surface area contributed by atoms with Crippen molar-refractivity contribution < 1.29 is 9.90 Å². The molecule has 1 aromatic carbocycles. The summed E-state index contributed by atoms with van der Waals surface area (Å²) >= 11 is 0. The van der Waals surface area contributed by atoms with Crippen LogP contribution in [-0.4, -0.2) is 28.8 Å². The third kappa shape index (κ3) is 4.53. The molecule has 23 heavy (non-hydrogen) atoms. The summed E-state index contributed by atoms with van der Waals surface area (Å²) in [4.78, 5) is 15.8. The van der Waals surface area contributed by atoms with Crippen molar-refractivity contribution in [3.8, 4) is 11.1 Å². The molecule has 0 bridgehead atoms. The van der Waals surface area contributed by atoms with Crippen LogP contribution in [0.5, 0.6) is 0 Å². The summed E-state index contributed by atoms with van der Waals surface area (Å²) in [7, 11) is 0. The predicted molar refractivity (Wildman–Crippen MR) is 88.6 cm³/mol. The number of carbonyl (C=O) groups excluding carboxylic acids is 1. The van der Waals surface area contributed by atoms with Gasteiger partial charge in [-0.3, -0.25) is 4.98 Å². The summed E-state index contributed by atoms with van der Waals surface area (Å²) in [5.74, 6) is 0.371. The first-order valence-corrected chi connectivity index (χ1v) is 7.91. The number of nitrogens with one attached hydrogen (secondary N) is 2. The van der Waals surface area contributed by atoms with Crippen molar-refractivity contribution >= 4 is 6.03 Å². The lowest BCUT2D eigenvalue weighted by molar-refractivity contribution is 0.149. The highest BCUT2D eigenvalue weighted by molar-refractivity contribution is 5.73. The number of benzene rings is 1. The van der Waals surface area contributed by atoms with E-state index in [4.69, 9.17) is 0 Å². The fraction of sp³-hybridized carbons (Fsp3) is 0.333. The second-order valence-electron chi connectivity index (χ2n) is 5.91. The number of hydrogen-bond acceptors (Lipinski definition) is 3. The topological polar surface area (TPSA) is 74.2 Å². The van der Waals surface area contributed by atoms with Gasteiger partial charge < -0.3 is 15.7 Å². The Balaban J connectivity index is 1.45. The van der Waals surface area contributed by atoms with E-state index in [0.29, 0.717) is 19.0 Å². The Morgan fingerprint density at radius 2 is 1.96 bits per heavy atom. The standard InChI is InChI=1S/C18H21N3O2/c22-17(15-7-8-15)12-21-18(23)20-10-13-3-5-14(6-4-13)16-2-1-9-19-11-16/h1-6,9,11,15,17,22H,7-8,10,12H2,(H2,20,21,23). The zero-order valence-electron chi connectivity index (χ0n) is 12.9. The van der Waals surface area contributed by atoms with Crippen LogP contribution in [0.25, 0.3) is 11.1 Å². The molecule has 120 valence electrons. The van der Waals surface area contributed by atoms with Crippen LogP contribution in [0.1, 0.15) is 18.4 Å². The molecule has 1 unspecified atom stereocenters. The van der Waals surface area contributed by atoms with E-state index in [-0.39, 0.29) is 6.03 Å². The van der Waals surface area contributed by atoms with Crippen molar-refractivity contribution in [2.75, 3.05) is 6.54 Å². The van der Waals surface area contributed by atoms with E-state index in [2.05, 4.69) is 15.6 Å². The minimum atomic E-state index is -0.417. The molecule has 1 saturated carbocycles. The van der Waals surface area contributed by atoms with Gasteiger partial charge in [-0.15, -0.1) is 0 Å². The number of urea groups is 1. The Hall–Kier alpha value is -2.40. The predicted octanol–water partition coefficient (Wildman–Crippen LogP) is 2.32. The average molecular weight is 311 g/mol. The van der Waals surface area contributed by atoms with Gasteiger partial charge in [-0.05, 0) is 41.5 Å². The van der Waals surface area contributed by atoms with Gasteiger partial charge in [0.2, 0.25) is 0 Å². The number of aliphatic hydroxyl groups excluding tert-OH is 1. The molecule has 3 rings (SSSR count). The molecule has 0 saturated heterocycles. The molecule has 1 heterocycles. The van der Waals surface area contributed by atoms with Crippen molar-refractivity contribution in [2.24, 2.45) is 5.92 Å². The maximum absolute atomic E-state index is 11.7. The Morgan fingerprint density at radius 3 is 2.61 bits per heavy atom. The number of aromatic nitrogens is 1. The summed E-state index contributed by atoms with van der Waals surface area (Å²) in [6.07, 6.45) is 5.29. The van der Waals surface area contributed by atoms with Crippen LogP contribution < -0.4 is 10.6 Å². The quantitative estimate of drug-likeness (QED) is 0.766. The van der Waals surface area contributed by atoms with Crippen molar-refractivity contribution in [1.29, 1.82) is 0 Å². The molecule has 0 aliphatic heterocycles. The number of nitrogens with zero attached hydrogens (tertiary/aromatic N) is 1. The maximum atomic E-state index is 11.7. The van der Waals surface area contributed by atoms with Crippen LogP contribution in [0.15, 0.2) is 48.8 Å². The molecule has 2 amide bonds. The number of aliphatic hydroxyl groups is 1. The second kappa shape index (κ2) is 7.24. The summed E-state index contributed by atoms with van der Waals surface area (Å²) in [5.41, 5.74) is 3.19. The highest BCUT2D eigenvalue weighted by atomic mass is 16.3. The first kappa shape index (κ1) is 15.5. The van der Waals surface area contributed by atoms with E-state index in [1.54, 1.807) is 6.20 Å². The minimum Gasteiger partial charge on any atom is -0.391 e. The molecule has 3 N–H and O–H groups in total. The van der Waals surface area contributed by atoms with Crippen LogP contribution in [-0.2, 0) is 6.54 Å². The molecule has 1 aromatic heterocycles. The normalized spacial score (nSPS) is 15.0. The zero-order chi connectivity index (χ0) is 16.1. The number of amides is 2. The van der Waals surface area contributed by atoms with Gasteiger partial charge >= 0.3 is 6.03 Å². The van der Waals surface area contributed by atoms with Gasteiger partial charge in [-0.25, -0.2) is 4.79 Å². The molecule has 5 nitrogen and oxygen atoms in total. The van der Waals surface area contributed by atoms with E-state index in [1.807, 2.05) is 42.6 Å². The molecular formula is C18H21N3O2. The number of rotatable bonds is 6. The van der Waals surface area contributed by atoms with Gasteiger partial charge in [0, 0.05) is 25.5 Å². The third-order valence-electron chi connectivity index (χ3n) is 4.04. The van der Waals surface area contributed by atoms with Crippen LogP contribution >= 0.6 is 0 Å². The van der Waals surface area contributed by atoms with Gasteiger partial charge in [0.15, 0.2) is 0 Å². The van der Waals surface area contributed by atoms with Gasteiger partial charge in [0.25, 0.3) is 0 Å². The van der Waals surface area contributed by atoms with E-state index in [1.165, 1.54) is 0 Å². The minimum absolute atomic E-state index is 0.249. The lowest BCUT2D eigenvalue weighted by Gasteiger charge is -2.12. The average Bonchev–Trinajstić information content (AvgIpc) is 3.44. The van der Waals surface area contributed by atoms with Crippen molar-refractivity contribution in [1.82, 2.24) is 15.6 Å². The van der Waals surface area contributed by atoms with Crippen LogP contribution in [0.3, 0.4) is 0 Å². The Morgan fingerprint density at radius 1 is 1.17 bits per heavy atom. The summed E-state index contributed by atoms with van der Waals surface area (Å²) in [5, 5.41) is 15.2. The van der Waals surface area contributed by atoms with Gasteiger partial charge in [0.1, 0.15) is 0 Å². The molecule has 1 aliphatic carbocycles.